The van der Waals surface area contributed by atoms with E-state index in [1.54, 1.807) is 4.90 Å². The molecule has 2 saturated heterocycles. The number of nitrogens with one attached hydrogen (secondary N) is 1. The fourth-order valence-corrected chi connectivity index (χ4v) is 2.70. The summed E-state index contributed by atoms with van der Waals surface area (Å²) in [6.07, 6.45) is 3.35. The minimum atomic E-state index is -0.352. The Kier molecular flexibility index (Phi) is 3.99. The second-order valence-corrected chi connectivity index (χ2v) is 4.84. The summed E-state index contributed by atoms with van der Waals surface area (Å²) >= 11 is 0. The maximum atomic E-state index is 11.8. The molecular formula is C12H20N2O3. The van der Waals surface area contributed by atoms with E-state index in [9.17, 15) is 9.59 Å². The minimum absolute atomic E-state index is 0.0889. The van der Waals surface area contributed by atoms with Gasteiger partial charge in [0.15, 0.2) is 0 Å². The summed E-state index contributed by atoms with van der Waals surface area (Å²) in [5.41, 5.74) is 0. The van der Waals surface area contributed by atoms with Crippen LogP contribution in [0.5, 0.6) is 0 Å². The molecule has 2 heterocycles. The van der Waals surface area contributed by atoms with E-state index in [4.69, 9.17) is 4.74 Å². The Bertz CT molecular complexity index is 300. The summed E-state index contributed by atoms with van der Waals surface area (Å²) in [4.78, 5) is 25.1. The van der Waals surface area contributed by atoms with Crippen LogP contribution < -0.4 is 5.32 Å². The highest BCUT2D eigenvalue weighted by atomic mass is 16.5. The third-order valence-corrected chi connectivity index (χ3v) is 3.66. The summed E-state index contributed by atoms with van der Waals surface area (Å²) in [5.74, 6) is 0.281. The average Bonchev–Trinajstić information content (AvgIpc) is 2.72. The second-order valence-electron chi connectivity index (χ2n) is 4.84. The van der Waals surface area contributed by atoms with Crippen LogP contribution in [0, 0.1) is 5.92 Å². The molecule has 2 rings (SSSR count). The molecule has 0 aromatic rings. The number of carbonyl (C=O) groups excluding carboxylic acids is 2. The van der Waals surface area contributed by atoms with Crippen molar-refractivity contribution < 1.29 is 14.3 Å². The van der Waals surface area contributed by atoms with Gasteiger partial charge >= 0.3 is 5.97 Å². The predicted octanol–water partition coefficient (Wildman–Crippen LogP) is 0.150. The number of ether oxygens (including phenoxy) is 1. The van der Waals surface area contributed by atoms with E-state index in [2.05, 4.69) is 5.32 Å². The maximum absolute atomic E-state index is 11.8. The molecule has 0 aliphatic carbocycles. The summed E-state index contributed by atoms with van der Waals surface area (Å²) in [6, 6.07) is -0.352. The Labute approximate surface area is 101 Å². The van der Waals surface area contributed by atoms with Crippen LogP contribution in [0.2, 0.25) is 0 Å². The van der Waals surface area contributed by atoms with Crippen LogP contribution in [-0.4, -0.2) is 49.6 Å². The smallest absolute Gasteiger partial charge is 0.328 e. The fourth-order valence-electron chi connectivity index (χ4n) is 2.70. The van der Waals surface area contributed by atoms with Crippen LogP contribution in [0.1, 0.15) is 25.7 Å². The van der Waals surface area contributed by atoms with E-state index in [1.807, 2.05) is 0 Å². The van der Waals surface area contributed by atoms with Crippen molar-refractivity contribution >= 4 is 11.9 Å². The highest BCUT2D eigenvalue weighted by Gasteiger charge is 2.37. The van der Waals surface area contributed by atoms with Gasteiger partial charge in [-0.1, -0.05) is 0 Å². The highest BCUT2D eigenvalue weighted by Crippen LogP contribution is 2.23. The Morgan fingerprint density at radius 3 is 3.00 bits per heavy atom. The van der Waals surface area contributed by atoms with E-state index < -0.39 is 0 Å². The average molecular weight is 240 g/mol. The topological polar surface area (TPSA) is 58.6 Å². The predicted molar refractivity (Wildman–Crippen MR) is 62.3 cm³/mol. The first-order valence-electron chi connectivity index (χ1n) is 6.30. The number of amides is 1. The molecule has 0 radical (unpaired) electrons. The summed E-state index contributed by atoms with van der Waals surface area (Å²) in [6.45, 7) is 2.69. The molecule has 0 bridgehead atoms. The lowest BCUT2D eigenvalue weighted by molar-refractivity contribution is -0.149. The van der Waals surface area contributed by atoms with Gasteiger partial charge in [0.25, 0.3) is 0 Å². The number of carbonyl (C=O) groups is 2. The van der Waals surface area contributed by atoms with Gasteiger partial charge < -0.3 is 15.0 Å². The summed E-state index contributed by atoms with van der Waals surface area (Å²) in [7, 11) is 1.38. The van der Waals surface area contributed by atoms with Crippen LogP contribution in [-0.2, 0) is 14.3 Å². The van der Waals surface area contributed by atoms with Gasteiger partial charge in [0.2, 0.25) is 5.91 Å². The van der Waals surface area contributed by atoms with Gasteiger partial charge in [-0.3, -0.25) is 4.79 Å². The number of esters is 1. The van der Waals surface area contributed by atoms with Gasteiger partial charge in [0.1, 0.15) is 6.04 Å². The molecular weight excluding hydrogens is 220 g/mol. The van der Waals surface area contributed by atoms with E-state index in [0.29, 0.717) is 25.3 Å². The molecule has 2 aliphatic heterocycles. The van der Waals surface area contributed by atoms with Crippen molar-refractivity contribution in [3.8, 4) is 0 Å². The molecule has 0 saturated carbocycles. The standard InChI is InChI=1S/C12H20N2O3/c1-17-12(16)10-4-5-11(15)14(10)8-9-3-2-6-13-7-9/h9-10,13H,2-8H2,1H3/t9-,10+/m0/s1. The van der Waals surface area contributed by atoms with Gasteiger partial charge in [-0.2, -0.15) is 0 Å². The Morgan fingerprint density at radius 1 is 1.53 bits per heavy atom. The van der Waals surface area contributed by atoms with Crippen molar-refractivity contribution in [3.63, 3.8) is 0 Å². The van der Waals surface area contributed by atoms with Crippen molar-refractivity contribution in [2.75, 3.05) is 26.7 Å². The molecule has 2 fully saturated rings. The Balaban J connectivity index is 1.95. The lowest BCUT2D eigenvalue weighted by Gasteiger charge is -2.30. The Hall–Kier alpha value is -1.10. The zero-order valence-corrected chi connectivity index (χ0v) is 10.3. The van der Waals surface area contributed by atoms with E-state index in [0.717, 1.165) is 25.9 Å². The van der Waals surface area contributed by atoms with Crippen molar-refractivity contribution in [3.05, 3.63) is 0 Å². The van der Waals surface area contributed by atoms with Gasteiger partial charge in [-0.05, 0) is 38.3 Å². The lowest BCUT2D eigenvalue weighted by atomic mass is 9.99. The quantitative estimate of drug-likeness (QED) is 0.713. The maximum Gasteiger partial charge on any atom is 0.328 e. The molecule has 0 aromatic heterocycles. The normalized spacial score (nSPS) is 29.5. The first kappa shape index (κ1) is 12.4. The minimum Gasteiger partial charge on any atom is -0.467 e. The van der Waals surface area contributed by atoms with Gasteiger partial charge in [-0.25, -0.2) is 4.79 Å². The number of methoxy groups -OCH3 is 1. The van der Waals surface area contributed by atoms with Crippen molar-refractivity contribution in [2.24, 2.45) is 5.92 Å². The fraction of sp³-hybridized carbons (Fsp3) is 0.833. The first-order chi connectivity index (χ1) is 8.22. The van der Waals surface area contributed by atoms with E-state index in [-0.39, 0.29) is 17.9 Å². The number of hydrogen-bond acceptors (Lipinski definition) is 4. The van der Waals surface area contributed by atoms with Crippen LogP contribution in [0.15, 0.2) is 0 Å². The van der Waals surface area contributed by atoms with Gasteiger partial charge in [-0.15, -0.1) is 0 Å². The number of piperidine rings is 1. The molecule has 0 unspecified atom stereocenters. The lowest BCUT2D eigenvalue weighted by Crippen LogP contribution is -2.45. The van der Waals surface area contributed by atoms with Crippen molar-refractivity contribution in [2.45, 2.75) is 31.7 Å². The third kappa shape index (κ3) is 2.77. The summed E-state index contributed by atoms with van der Waals surface area (Å²) in [5, 5.41) is 3.33. The number of likely N-dealkylation sites (tertiary alicyclic amines) is 1. The zero-order valence-electron chi connectivity index (χ0n) is 10.3. The first-order valence-corrected chi connectivity index (χ1v) is 6.30. The van der Waals surface area contributed by atoms with Crippen LogP contribution >= 0.6 is 0 Å². The van der Waals surface area contributed by atoms with E-state index >= 15 is 0 Å². The number of nitrogens with zero attached hydrogens (tertiary/aromatic N) is 1. The van der Waals surface area contributed by atoms with Crippen LogP contribution in [0.25, 0.3) is 0 Å². The molecule has 96 valence electrons. The molecule has 1 N–H and O–H groups in total. The highest BCUT2D eigenvalue weighted by molar-refractivity contribution is 5.88. The van der Waals surface area contributed by atoms with Crippen molar-refractivity contribution in [1.29, 1.82) is 0 Å². The molecule has 2 atom stereocenters. The second kappa shape index (κ2) is 5.49. The van der Waals surface area contributed by atoms with Gasteiger partial charge in [0, 0.05) is 13.0 Å². The molecule has 5 nitrogen and oxygen atoms in total. The molecule has 1 amide bonds. The summed E-state index contributed by atoms with van der Waals surface area (Å²) < 4.78 is 4.75. The molecule has 2 aliphatic rings. The number of hydrogen-bond donors (Lipinski definition) is 1. The largest absolute Gasteiger partial charge is 0.467 e. The number of rotatable bonds is 3. The van der Waals surface area contributed by atoms with Gasteiger partial charge in [0.05, 0.1) is 7.11 Å². The van der Waals surface area contributed by atoms with Crippen molar-refractivity contribution in [1.82, 2.24) is 10.2 Å². The van der Waals surface area contributed by atoms with Crippen LogP contribution in [0.3, 0.4) is 0 Å². The zero-order chi connectivity index (χ0) is 12.3. The molecule has 0 aromatic carbocycles. The SMILES string of the molecule is COC(=O)[C@H]1CCC(=O)N1C[C@H]1CCCNC1. The third-order valence-electron chi connectivity index (χ3n) is 3.66. The molecule has 5 heteroatoms. The molecule has 17 heavy (non-hydrogen) atoms. The van der Waals surface area contributed by atoms with Crippen LogP contribution in [0.4, 0.5) is 0 Å². The Morgan fingerprint density at radius 2 is 2.35 bits per heavy atom. The molecule has 0 spiro atoms. The monoisotopic (exact) mass is 240 g/mol. The van der Waals surface area contributed by atoms with E-state index in [1.165, 1.54) is 7.11 Å².